The van der Waals surface area contributed by atoms with E-state index in [2.05, 4.69) is 10.6 Å². The van der Waals surface area contributed by atoms with Crippen LogP contribution in [0.5, 0.6) is 0 Å². The molecule has 0 bridgehead atoms. The van der Waals surface area contributed by atoms with Gasteiger partial charge >= 0.3 is 5.97 Å². The summed E-state index contributed by atoms with van der Waals surface area (Å²) in [6, 6.07) is 4.81. The molecular formula is C20H24FN3O4S. The summed E-state index contributed by atoms with van der Waals surface area (Å²) in [5.74, 6) is -1.69. The average molecular weight is 421 g/mol. The van der Waals surface area contributed by atoms with Crippen LogP contribution in [0.15, 0.2) is 30.3 Å². The first-order valence-electron chi connectivity index (χ1n) is 9.39. The van der Waals surface area contributed by atoms with Crippen LogP contribution in [0, 0.1) is 5.82 Å². The Morgan fingerprint density at radius 1 is 1.38 bits per heavy atom. The van der Waals surface area contributed by atoms with Gasteiger partial charge in [-0.25, -0.2) is 4.39 Å². The average Bonchev–Trinajstić information content (AvgIpc) is 2.69. The fraction of sp³-hybridized carbons (Fsp3) is 0.400. The highest BCUT2D eigenvalue weighted by atomic mass is 32.1. The maximum absolute atomic E-state index is 12.9. The second-order valence-electron chi connectivity index (χ2n) is 6.46. The number of amides is 2. The molecule has 0 spiro atoms. The number of hydrogen-bond acceptors (Lipinski definition) is 5. The molecule has 0 aliphatic carbocycles. The SMILES string of the molecule is CCCCOC(=O)C[C@H]1C(=O)NCCN1C(=S)NC(=O)/C=C/c1ccc(F)cc1. The van der Waals surface area contributed by atoms with Crippen LogP contribution in [0.1, 0.15) is 31.7 Å². The van der Waals surface area contributed by atoms with Gasteiger partial charge in [0.2, 0.25) is 11.8 Å². The molecule has 1 fully saturated rings. The number of hydrogen-bond donors (Lipinski definition) is 2. The maximum atomic E-state index is 12.9. The smallest absolute Gasteiger partial charge is 0.308 e. The quantitative estimate of drug-likeness (QED) is 0.302. The van der Waals surface area contributed by atoms with Crippen LogP contribution in [0.2, 0.25) is 0 Å². The third kappa shape index (κ3) is 7.26. The molecule has 29 heavy (non-hydrogen) atoms. The summed E-state index contributed by atoms with van der Waals surface area (Å²) in [6.45, 7) is 3.00. The third-order valence-electron chi connectivity index (χ3n) is 4.24. The maximum Gasteiger partial charge on any atom is 0.308 e. The van der Waals surface area contributed by atoms with E-state index in [-0.39, 0.29) is 23.3 Å². The van der Waals surface area contributed by atoms with Gasteiger partial charge in [0.05, 0.1) is 13.0 Å². The van der Waals surface area contributed by atoms with Crippen molar-refractivity contribution in [2.45, 2.75) is 32.2 Å². The largest absolute Gasteiger partial charge is 0.466 e. The molecule has 0 saturated carbocycles. The predicted octanol–water partition coefficient (Wildman–Crippen LogP) is 1.77. The number of nitrogens with zero attached hydrogens (tertiary/aromatic N) is 1. The third-order valence-corrected chi connectivity index (χ3v) is 4.58. The summed E-state index contributed by atoms with van der Waals surface area (Å²) < 4.78 is 18.0. The lowest BCUT2D eigenvalue weighted by Gasteiger charge is -2.36. The molecule has 0 aromatic heterocycles. The van der Waals surface area contributed by atoms with Gasteiger partial charge in [-0.05, 0) is 42.4 Å². The molecule has 1 atom stereocenters. The van der Waals surface area contributed by atoms with Crippen molar-refractivity contribution >= 4 is 41.2 Å². The van der Waals surface area contributed by atoms with Crippen molar-refractivity contribution in [3.05, 3.63) is 41.7 Å². The Hall–Kier alpha value is -2.81. The minimum atomic E-state index is -0.841. The standard InChI is InChI=1S/C20H24FN3O4S/c1-2-3-12-28-18(26)13-16-19(27)22-10-11-24(16)20(29)23-17(25)9-6-14-4-7-15(21)8-5-14/h4-9,16H,2-3,10-13H2,1H3,(H,22,27)(H,23,25,29)/b9-6+/t16-/m0/s1. The number of carbonyl (C=O) groups is 3. The molecule has 1 aromatic carbocycles. The molecule has 1 aliphatic heterocycles. The highest BCUT2D eigenvalue weighted by molar-refractivity contribution is 7.80. The zero-order chi connectivity index (χ0) is 21.2. The number of carbonyl (C=O) groups excluding carboxylic acids is 3. The van der Waals surface area contributed by atoms with Crippen LogP contribution in [0.4, 0.5) is 4.39 Å². The highest BCUT2D eigenvalue weighted by Gasteiger charge is 2.34. The first-order valence-corrected chi connectivity index (χ1v) is 9.80. The van der Waals surface area contributed by atoms with Gasteiger partial charge in [0, 0.05) is 19.2 Å². The van der Waals surface area contributed by atoms with Gasteiger partial charge < -0.3 is 15.0 Å². The number of halogens is 1. The van der Waals surface area contributed by atoms with Gasteiger partial charge in [-0.2, -0.15) is 0 Å². The molecule has 156 valence electrons. The molecule has 0 unspecified atom stereocenters. The number of rotatable bonds is 7. The Kier molecular flexibility index (Phi) is 8.72. The minimum Gasteiger partial charge on any atom is -0.466 e. The van der Waals surface area contributed by atoms with Crippen molar-refractivity contribution in [3.63, 3.8) is 0 Å². The van der Waals surface area contributed by atoms with Gasteiger partial charge in [-0.1, -0.05) is 25.5 Å². The highest BCUT2D eigenvalue weighted by Crippen LogP contribution is 2.11. The van der Waals surface area contributed by atoms with Crippen molar-refractivity contribution in [2.75, 3.05) is 19.7 Å². The molecule has 1 saturated heterocycles. The van der Waals surface area contributed by atoms with E-state index in [1.54, 1.807) is 0 Å². The van der Waals surface area contributed by atoms with Gasteiger partial charge in [0.1, 0.15) is 11.9 Å². The Morgan fingerprint density at radius 2 is 2.10 bits per heavy atom. The molecule has 9 heteroatoms. The molecule has 7 nitrogen and oxygen atoms in total. The molecular weight excluding hydrogens is 397 g/mol. The summed E-state index contributed by atoms with van der Waals surface area (Å²) in [5.41, 5.74) is 0.650. The number of unbranched alkanes of at least 4 members (excludes halogenated alkanes) is 1. The van der Waals surface area contributed by atoms with Crippen molar-refractivity contribution in [1.82, 2.24) is 15.5 Å². The van der Waals surface area contributed by atoms with Crippen LogP contribution < -0.4 is 10.6 Å². The fourth-order valence-electron chi connectivity index (χ4n) is 2.67. The van der Waals surface area contributed by atoms with Gasteiger partial charge in [-0.3, -0.25) is 19.7 Å². The van der Waals surface area contributed by atoms with E-state index in [4.69, 9.17) is 17.0 Å². The number of esters is 1. The first-order chi connectivity index (χ1) is 13.9. The zero-order valence-corrected chi connectivity index (χ0v) is 17.0. The molecule has 2 amide bonds. The van der Waals surface area contributed by atoms with E-state index in [9.17, 15) is 18.8 Å². The van der Waals surface area contributed by atoms with E-state index < -0.39 is 17.9 Å². The molecule has 1 aromatic rings. The lowest BCUT2D eigenvalue weighted by atomic mass is 10.1. The van der Waals surface area contributed by atoms with E-state index in [0.29, 0.717) is 25.3 Å². The summed E-state index contributed by atoms with van der Waals surface area (Å²) in [7, 11) is 0. The Bertz CT molecular complexity index is 782. The summed E-state index contributed by atoms with van der Waals surface area (Å²) in [4.78, 5) is 37.9. The molecule has 1 heterocycles. The lowest BCUT2D eigenvalue weighted by Crippen LogP contribution is -2.60. The van der Waals surface area contributed by atoms with Crippen LogP contribution in [-0.2, 0) is 19.1 Å². The van der Waals surface area contributed by atoms with Gasteiger partial charge in [0.25, 0.3) is 0 Å². The second kappa shape index (κ2) is 11.3. The predicted molar refractivity (Wildman–Crippen MR) is 110 cm³/mol. The van der Waals surface area contributed by atoms with Crippen LogP contribution >= 0.6 is 12.2 Å². The van der Waals surface area contributed by atoms with E-state index in [1.165, 1.54) is 41.3 Å². The number of piperazine rings is 1. The number of nitrogens with one attached hydrogen (secondary N) is 2. The normalized spacial score (nSPS) is 16.4. The van der Waals surface area contributed by atoms with Crippen molar-refractivity contribution in [1.29, 1.82) is 0 Å². The summed E-state index contributed by atoms with van der Waals surface area (Å²) in [6.07, 6.45) is 4.27. The van der Waals surface area contributed by atoms with Crippen molar-refractivity contribution in [2.24, 2.45) is 0 Å². The topological polar surface area (TPSA) is 87.7 Å². The summed E-state index contributed by atoms with van der Waals surface area (Å²) in [5, 5.41) is 5.28. The van der Waals surface area contributed by atoms with Gasteiger partial charge in [0.15, 0.2) is 5.11 Å². The molecule has 2 N–H and O–H groups in total. The second-order valence-corrected chi connectivity index (χ2v) is 6.84. The molecule has 0 radical (unpaired) electrons. The molecule has 2 rings (SSSR count). The van der Waals surface area contributed by atoms with Crippen LogP contribution in [-0.4, -0.2) is 53.5 Å². The Balaban J connectivity index is 1.94. The summed E-state index contributed by atoms with van der Waals surface area (Å²) >= 11 is 5.27. The van der Waals surface area contributed by atoms with E-state index in [1.807, 2.05) is 6.92 Å². The number of thiocarbonyl (C=S) groups is 1. The molecule has 1 aliphatic rings. The van der Waals surface area contributed by atoms with Crippen LogP contribution in [0.25, 0.3) is 6.08 Å². The fourth-order valence-corrected chi connectivity index (χ4v) is 2.99. The monoisotopic (exact) mass is 421 g/mol. The number of benzene rings is 1. The zero-order valence-electron chi connectivity index (χ0n) is 16.2. The van der Waals surface area contributed by atoms with E-state index >= 15 is 0 Å². The lowest BCUT2D eigenvalue weighted by molar-refractivity contribution is -0.147. The van der Waals surface area contributed by atoms with Crippen molar-refractivity contribution in [3.8, 4) is 0 Å². The van der Waals surface area contributed by atoms with Crippen LogP contribution in [0.3, 0.4) is 0 Å². The minimum absolute atomic E-state index is 0.0555. The number of ether oxygens (including phenoxy) is 1. The Morgan fingerprint density at radius 3 is 2.79 bits per heavy atom. The van der Waals surface area contributed by atoms with Crippen molar-refractivity contribution < 1.29 is 23.5 Å². The van der Waals surface area contributed by atoms with Gasteiger partial charge in [-0.15, -0.1) is 0 Å². The van der Waals surface area contributed by atoms with E-state index in [0.717, 1.165) is 12.8 Å². The Labute approximate surface area is 174 Å². The first kappa shape index (κ1) is 22.5.